The van der Waals surface area contributed by atoms with E-state index < -0.39 is 0 Å². The number of aromatic nitrogens is 2. The zero-order valence-corrected chi connectivity index (χ0v) is 13.3. The summed E-state index contributed by atoms with van der Waals surface area (Å²) in [6, 6.07) is 7.48. The second-order valence-corrected chi connectivity index (χ2v) is 5.24. The number of aryl methyl sites for hydroxylation is 1. The first-order valence-electron chi connectivity index (χ1n) is 7.02. The van der Waals surface area contributed by atoms with E-state index in [1.54, 1.807) is 13.3 Å². The zero-order chi connectivity index (χ0) is 15.2. The Kier molecular flexibility index (Phi) is 5.53. The molecule has 0 aliphatic carbocycles. The molecule has 0 saturated carbocycles. The van der Waals surface area contributed by atoms with E-state index >= 15 is 0 Å². The summed E-state index contributed by atoms with van der Waals surface area (Å²) in [4.78, 5) is 8.70. The average Bonchev–Trinajstić information content (AvgIpc) is 2.48. The van der Waals surface area contributed by atoms with Crippen LogP contribution in [0.2, 0.25) is 5.02 Å². The van der Waals surface area contributed by atoms with Crippen molar-refractivity contribution in [1.82, 2.24) is 15.3 Å². The molecule has 2 rings (SSSR count). The Balaban J connectivity index is 2.47. The third kappa shape index (κ3) is 3.93. The van der Waals surface area contributed by atoms with Crippen molar-refractivity contribution in [2.45, 2.75) is 26.3 Å². The molecule has 1 N–H and O–H groups in total. The van der Waals surface area contributed by atoms with Crippen LogP contribution in [0.15, 0.2) is 30.5 Å². The summed E-state index contributed by atoms with van der Waals surface area (Å²) in [6.45, 7) is 4.89. The van der Waals surface area contributed by atoms with E-state index in [1.807, 2.05) is 31.2 Å². The van der Waals surface area contributed by atoms with Gasteiger partial charge in [0, 0.05) is 16.8 Å². The van der Waals surface area contributed by atoms with Gasteiger partial charge in [-0.05, 0) is 44.2 Å². The molecule has 0 spiro atoms. The number of benzene rings is 1. The van der Waals surface area contributed by atoms with Gasteiger partial charge in [-0.15, -0.1) is 0 Å². The van der Waals surface area contributed by atoms with Crippen molar-refractivity contribution in [3.63, 3.8) is 0 Å². The summed E-state index contributed by atoms with van der Waals surface area (Å²) in [7, 11) is 1.66. The third-order valence-electron chi connectivity index (χ3n) is 3.19. The minimum absolute atomic E-state index is 0.0692. The fourth-order valence-electron chi connectivity index (χ4n) is 2.23. The molecule has 112 valence electrons. The molecule has 1 unspecified atom stereocenters. The largest absolute Gasteiger partial charge is 0.496 e. The zero-order valence-electron chi connectivity index (χ0n) is 12.6. The van der Waals surface area contributed by atoms with Crippen molar-refractivity contribution in [2.24, 2.45) is 0 Å². The van der Waals surface area contributed by atoms with Gasteiger partial charge in [-0.3, -0.25) is 0 Å². The fourth-order valence-corrected chi connectivity index (χ4v) is 2.41. The molecule has 0 aliphatic heterocycles. The summed E-state index contributed by atoms with van der Waals surface area (Å²) >= 11 is 6.15. The van der Waals surface area contributed by atoms with Crippen LogP contribution in [0.3, 0.4) is 0 Å². The number of rotatable bonds is 6. The van der Waals surface area contributed by atoms with Crippen LogP contribution in [0.5, 0.6) is 5.75 Å². The lowest BCUT2D eigenvalue weighted by Crippen LogP contribution is -2.25. The molecular formula is C16H20ClN3O. The highest BCUT2D eigenvalue weighted by Crippen LogP contribution is 2.31. The Labute approximate surface area is 130 Å². The van der Waals surface area contributed by atoms with Gasteiger partial charge in [0.2, 0.25) is 0 Å². The first-order valence-corrected chi connectivity index (χ1v) is 7.40. The number of halogens is 1. The summed E-state index contributed by atoms with van der Waals surface area (Å²) in [6.07, 6.45) is 2.80. The van der Waals surface area contributed by atoms with Crippen molar-refractivity contribution in [3.8, 4) is 5.75 Å². The molecule has 0 amide bonds. The molecule has 0 aliphatic rings. The molecule has 21 heavy (non-hydrogen) atoms. The normalized spacial score (nSPS) is 12.2. The number of nitrogens with zero attached hydrogens (tertiary/aromatic N) is 2. The Hall–Kier alpha value is -1.65. The first kappa shape index (κ1) is 15.7. The summed E-state index contributed by atoms with van der Waals surface area (Å²) in [5.41, 5.74) is 1.90. The van der Waals surface area contributed by atoms with E-state index in [-0.39, 0.29) is 6.04 Å². The average molecular weight is 306 g/mol. The summed E-state index contributed by atoms with van der Waals surface area (Å²) in [5.74, 6) is 1.54. The number of ether oxygens (including phenoxy) is 1. The van der Waals surface area contributed by atoms with Crippen LogP contribution in [0, 0.1) is 6.92 Å². The minimum Gasteiger partial charge on any atom is -0.496 e. The highest BCUT2D eigenvalue weighted by Gasteiger charge is 2.19. The van der Waals surface area contributed by atoms with E-state index in [1.165, 1.54) is 0 Å². The topological polar surface area (TPSA) is 47.0 Å². The van der Waals surface area contributed by atoms with Crippen molar-refractivity contribution in [1.29, 1.82) is 0 Å². The van der Waals surface area contributed by atoms with Crippen molar-refractivity contribution in [3.05, 3.63) is 52.6 Å². The second kappa shape index (κ2) is 7.38. The molecule has 0 radical (unpaired) electrons. The first-order chi connectivity index (χ1) is 10.2. The number of methoxy groups -OCH3 is 1. The lowest BCUT2D eigenvalue weighted by atomic mass is 10.0. The number of hydrogen-bond acceptors (Lipinski definition) is 4. The predicted octanol–water partition coefficient (Wildman–Crippen LogP) is 3.54. The van der Waals surface area contributed by atoms with Crippen LogP contribution in [-0.2, 0) is 0 Å². The highest BCUT2D eigenvalue weighted by molar-refractivity contribution is 6.30. The van der Waals surface area contributed by atoms with E-state index in [2.05, 4.69) is 22.2 Å². The molecule has 1 aromatic heterocycles. The predicted molar refractivity (Wildman–Crippen MR) is 84.9 cm³/mol. The molecule has 0 fully saturated rings. The minimum atomic E-state index is -0.0692. The van der Waals surface area contributed by atoms with Crippen LogP contribution in [0.25, 0.3) is 0 Å². The molecule has 0 saturated heterocycles. The van der Waals surface area contributed by atoms with Crippen LogP contribution in [-0.4, -0.2) is 23.6 Å². The van der Waals surface area contributed by atoms with Gasteiger partial charge in [-0.25, -0.2) is 9.97 Å². The van der Waals surface area contributed by atoms with Crippen LogP contribution >= 0.6 is 11.6 Å². The Morgan fingerprint density at radius 3 is 2.81 bits per heavy atom. The SMILES string of the molecule is CCCNC(c1ccnc(C)n1)c1cc(Cl)ccc1OC. The monoisotopic (exact) mass is 305 g/mol. The Morgan fingerprint density at radius 2 is 2.14 bits per heavy atom. The smallest absolute Gasteiger partial charge is 0.125 e. The van der Waals surface area contributed by atoms with Gasteiger partial charge in [0.15, 0.2) is 0 Å². The van der Waals surface area contributed by atoms with Gasteiger partial charge in [-0.1, -0.05) is 18.5 Å². The van der Waals surface area contributed by atoms with Crippen LogP contribution in [0.1, 0.15) is 36.5 Å². The lowest BCUT2D eigenvalue weighted by Gasteiger charge is -2.21. The van der Waals surface area contributed by atoms with E-state index in [0.717, 1.165) is 35.8 Å². The molecule has 0 bridgehead atoms. The van der Waals surface area contributed by atoms with Gasteiger partial charge in [-0.2, -0.15) is 0 Å². The van der Waals surface area contributed by atoms with Gasteiger partial charge in [0.1, 0.15) is 11.6 Å². The van der Waals surface area contributed by atoms with Crippen molar-refractivity contribution >= 4 is 11.6 Å². The number of hydrogen-bond donors (Lipinski definition) is 1. The van der Waals surface area contributed by atoms with E-state index in [4.69, 9.17) is 16.3 Å². The maximum Gasteiger partial charge on any atom is 0.125 e. The van der Waals surface area contributed by atoms with Gasteiger partial charge < -0.3 is 10.1 Å². The molecule has 4 nitrogen and oxygen atoms in total. The summed E-state index contributed by atoms with van der Waals surface area (Å²) < 4.78 is 5.47. The van der Waals surface area contributed by atoms with Crippen LogP contribution < -0.4 is 10.1 Å². The highest BCUT2D eigenvalue weighted by atomic mass is 35.5. The van der Waals surface area contributed by atoms with Gasteiger partial charge in [0.25, 0.3) is 0 Å². The molecule has 2 aromatic rings. The fraction of sp³-hybridized carbons (Fsp3) is 0.375. The quantitative estimate of drug-likeness (QED) is 0.887. The molecule has 1 heterocycles. The van der Waals surface area contributed by atoms with Gasteiger partial charge >= 0.3 is 0 Å². The third-order valence-corrected chi connectivity index (χ3v) is 3.43. The molecular weight excluding hydrogens is 286 g/mol. The van der Waals surface area contributed by atoms with Crippen LogP contribution in [0.4, 0.5) is 0 Å². The maximum atomic E-state index is 6.15. The van der Waals surface area contributed by atoms with Crippen molar-refractivity contribution < 1.29 is 4.74 Å². The Bertz CT molecular complexity index is 604. The molecule has 1 atom stereocenters. The molecule has 1 aromatic carbocycles. The van der Waals surface area contributed by atoms with Crippen molar-refractivity contribution in [2.75, 3.05) is 13.7 Å². The standard InChI is InChI=1S/C16H20ClN3O/c1-4-8-19-16(14-7-9-18-11(2)20-14)13-10-12(17)5-6-15(13)21-3/h5-7,9-10,16,19H,4,8H2,1-3H3. The Morgan fingerprint density at radius 1 is 1.33 bits per heavy atom. The maximum absolute atomic E-state index is 6.15. The molecule has 5 heteroatoms. The van der Waals surface area contributed by atoms with Gasteiger partial charge in [0.05, 0.1) is 18.8 Å². The number of nitrogens with one attached hydrogen (secondary N) is 1. The van der Waals surface area contributed by atoms with E-state index in [9.17, 15) is 0 Å². The van der Waals surface area contributed by atoms with E-state index in [0.29, 0.717) is 5.02 Å². The second-order valence-electron chi connectivity index (χ2n) is 4.80. The lowest BCUT2D eigenvalue weighted by molar-refractivity contribution is 0.403. The summed E-state index contributed by atoms with van der Waals surface area (Å²) in [5, 5.41) is 4.18.